The standard InChI is InChI=1S/C13H29NS/c1-3-4-5-6-7-8-9-10-11-14-12-13-15-2/h14H,3-13H2,1-2H3. The molecule has 0 aromatic rings. The predicted molar refractivity (Wildman–Crippen MR) is 73.9 cm³/mol. The van der Waals surface area contributed by atoms with Gasteiger partial charge in [0.2, 0.25) is 0 Å². The lowest BCUT2D eigenvalue weighted by atomic mass is 10.1. The minimum absolute atomic E-state index is 1.18. The van der Waals surface area contributed by atoms with Gasteiger partial charge < -0.3 is 5.32 Å². The molecule has 15 heavy (non-hydrogen) atoms. The average Bonchev–Trinajstić information content (AvgIpc) is 2.26. The molecule has 0 amide bonds. The highest BCUT2D eigenvalue weighted by Gasteiger charge is 1.91. The quantitative estimate of drug-likeness (QED) is 0.508. The zero-order valence-corrected chi connectivity index (χ0v) is 11.5. The number of hydrogen-bond acceptors (Lipinski definition) is 2. The van der Waals surface area contributed by atoms with Crippen LogP contribution in [0.25, 0.3) is 0 Å². The van der Waals surface area contributed by atoms with Crippen molar-refractivity contribution >= 4 is 11.8 Å². The van der Waals surface area contributed by atoms with Gasteiger partial charge in [-0.15, -0.1) is 0 Å². The van der Waals surface area contributed by atoms with E-state index in [2.05, 4.69) is 18.5 Å². The molecule has 0 unspecified atom stereocenters. The molecule has 0 heterocycles. The van der Waals surface area contributed by atoms with Crippen molar-refractivity contribution in [3.05, 3.63) is 0 Å². The molecule has 0 aromatic heterocycles. The van der Waals surface area contributed by atoms with Crippen LogP contribution in [0, 0.1) is 0 Å². The Labute approximate surface area is 101 Å². The lowest BCUT2D eigenvalue weighted by Crippen LogP contribution is -2.18. The van der Waals surface area contributed by atoms with Gasteiger partial charge in [-0.05, 0) is 19.2 Å². The second-order valence-corrected chi connectivity index (χ2v) is 5.20. The van der Waals surface area contributed by atoms with Gasteiger partial charge >= 0.3 is 0 Å². The summed E-state index contributed by atoms with van der Waals surface area (Å²) in [5.41, 5.74) is 0. The van der Waals surface area contributed by atoms with Crippen LogP contribution in [0.5, 0.6) is 0 Å². The van der Waals surface area contributed by atoms with Crippen molar-refractivity contribution in [2.45, 2.75) is 58.3 Å². The van der Waals surface area contributed by atoms with Gasteiger partial charge in [-0.1, -0.05) is 51.9 Å². The molecule has 92 valence electrons. The first-order valence-corrected chi connectivity index (χ1v) is 8.00. The van der Waals surface area contributed by atoms with Gasteiger partial charge in [0.05, 0.1) is 0 Å². The molecule has 0 fully saturated rings. The molecule has 0 radical (unpaired) electrons. The van der Waals surface area contributed by atoms with Crippen LogP contribution in [0.15, 0.2) is 0 Å². The Balaban J connectivity index is 2.81. The zero-order valence-electron chi connectivity index (χ0n) is 10.7. The summed E-state index contributed by atoms with van der Waals surface area (Å²) >= 11 is 1.92. The number of hydrogen-bond donors (Lipinski definition) is 1. The summed E-state index contributed by atoms with van der Waals surface area (Å²) in [6.45, 7) is 4.67. The fourth-order valence-corrected chi connectivity index (χ4v) is 2.03. The molecule has 1 nitrogen and oxygen atoms in total. The molecule has 0 aliphatic rings. The van der Waals surface area contributed by atoms with Crippen molar-refractivity contribution in [1.82, 2.24) is 5.32 Å². The first kappa shape index (κ1) is 15.3. The Morgan fingerprint density at radius 2 is 1.40 bits per heavy atom. The van der Waals surface area contributed by atoms with Crippen molar-refractivity contribution in [3.8, 4) is 0 Å². The third-order valence-electron chi connectivity index (χ3n) is 2.69. The first-order chi connectivity index (χ1) is 7.41. The van der Waals surface area contributed by atoms with Crippen molar-refractivity contribution < 1.29 is 0 Å². The number of thioether (sulfide) groups is 1. The van der Waals surface area contributed by atoms with E-state index in [-0.39, 0.29) is 0 Å². The number of nitrogens with one attached hydrogen (secondary N) is 1. The van der Waals surface area contributed by atoms with E-state index in [0.717, 1.165) is 0 Å². The van der Waals surface area contributed by atoms with Gasteiger partial charge in [-0.2, -0.15) is 11.8 Å². The monoisotopic (exact) mass is 231 g/mol. The highest BCUT2D eigenvalue weighted by molar-refractivity contribution is 7.98. The summed E-state index contributed by atoms with van der Waals surface area (Å²) in [6, 6.07) is 0. The maximum atomic E-state index is 3.48. The van der Waals surface area contributed by atoms with Crippen LogP contribution in [0.3, 0.4) is 0 Å². The van der Waals surface area contributed by atoms with Gasteiger partial charge in [-0.3, -0.25) is 0 Å². The molecular formula is C13H29NS. The van der Waals surface area contributed by atoms with E-state index >= 15 is 0 Å². The van der Waals surface area contributed by atoms with E-state index in [1.54, 1.807) is 0 Å². The lowest BCUT2D eigenvalue weighted by molar-refractivity contribution is 0.560. The SMILES string of the molecule is CCCCCCCCCCNCCSC. The van der Waals surface area contributed by atoms with Gasteiger partial charge in [-0.25, -0.2) is 0 Å². The van der Waals surface area contributed by atoms with E-state index in [0.29, 0.717) is 0 Å². The minimum Gasteiger partial charge on any atom is -0.316 e. The van der Waals surface area contributed by atoms with Crippen LogP contribution in [0.4, 0.5) is 0 Å². The molecule has 1 N–H and O–H groups in total. The Morgan fingerprint density at radius 3 is 2.00 bits per heavy atom. The normalized spacial score (nSPS) is 10.8. The molecule has 0 atom stereocenters. The Kier molecular flexibility index (Phi) is 14.6. The number of unbranched alkanes of at least 4 members (excludes halogenated alkanes) is 7. The van der Waals surface area contributed by atoms with Gasteiger partial charge in [0.15, 0.2) is 0 Å². The fourth-order valence-electron chi connectivity index (χ4n) is 1.68. The summed E-state index contributed by atoms with van der Waals surface area (Å²) in [4.78, 5) is 0. The van der Waals surface area contributed by atoms with Crippen LogP contribution in [0.2, 0.25) is 0 Å². The molecule has 0 saturated heterocycles. The van der Waals surface area contributed by atoms with Crippen molar-refractivity contribution in [3.63, 3.8) is 0 Å². The molecule has 0 bridgehead atoms. The Morgan fingerprint density at radius 1 is 0.800 bits per heavy atom. The van der Waals surface area contributed by atoms with E-state index in [1.165, 1.54) is 70.2 Å². The average molecular weight is 231 g/mol. The summed E-state index contributed by atoms with van der Waals surface area (Å²) in [5.74, 6) is 1.25. The second kappa shape index (κ2) is 14.3. The van der Waals surface area contributed by atoms with Crippen LogP contribution < -0.4 is 5.32 Å². The van der Waals surface area contributed by atoms with E-state index in [4.69, 9.17) is 0 Å². The largest absolute Gasteiger partial charge is 0.316 e. The maximum absolute atomic E-state index is 3.48. The fraction of sp³-hybridized carbons (Fsp3) is 1.00. The van der Waals surface area contributed by atoms with Gasteiger partial charge in [0.25, 0.3) is 0 Å². The summed E-state index contributed by atoms with van der Waals surface area (Å²) in [5, 5.41) is 3.48. The molecular weight excluding hydrogens is 202 g/mol. The molecule has 2 heteroatoms. The first-order valence-electron chi connectivity index (χ1n) is 6.61. The highest BCUT2D eigenvalue weighted by Crippen LogP contribution is 2.07. The topological polar surface area (TPSA) is 12.0 Å². The molecule has 0 spiro atoms. The third kappa shape index (κ3) is 14.3. The molecule has 0 rings (SSSR count). The minimum atomic E-state index is 1.18. The highest BCUT2D eigenvalue weighted by atomic mass is 32.2. The van der Waals surface area contributed by atoms with Crippen molar-refractivity contribution in [1.29, 1.82) is 0 Å². The second-order valence-electron chi connectivity index (χ2n) is 4.22. The molecule has 0 aliphatic carbocycles. The van der Waals surface area contributed by atoms with Gasteiger partial charge in [0.1, 0.15) is 0 Å². The molecule has 0 aliphatic heterocycles. The third-order valence-corrected chi connectivity index (χ3v) is 3.30. The Hall–Kier alpha value is 0.310. The number of rotatable bonds is 12. The Bertz CT molecular complexity index is 94.7. The summed E-state index contributed by atoms with van der Waals surface area (Å²) in [6.07, 6.45) is 13.5. The van der Waals surface area contributed by atoms with E-state index in [1.807, 2.05) is 11.8 Å². The van der Waals surface area contributed by atoms with Crippen LogP contribution in [0.1, 0.15) is 58.3 Å². The van der Waals surface area contributed by atoms with Crippen LogP contribution >= 0.6 is 11.8 Å². The van der Waals surface area contributed by atoms with Gasteiger partial charge in [0, 0.05) is 12.3 Å². The van der Waals surface area contributed by atoms with Crippen LogP contribution in [-0.2, 0) is 0 Å². The lowest BCUT2D eigenvalue weighted by Gasteiger charge is -2.03. The zero-order chi connectivity index (χ0) is 11.2. The predicted octanol–water partition coefficient (Wildman–Crippen LogP) is 4.08. The van der Waals surface area contributed by atoms with Crippen molar-refractivity contribution in [2.24, 2.45) is 0 Å². The van der Waals surface area contributed by atoms with E-state index < -0.39 is 0 Å². The molecule has 0 aromatic carbocycles. The van der Waals surface area contributed by atoms with Crippen LogP contribution in [-0.4, -0.2) is 25.1 Å². The van der Waals surface area contributed by atoms with Crippen molar-refractivity contribution in [2.75, 3.05) is 25.1 Å². The smallest absolute Gasteiger partial charge is 0.00553 e. The molecule has 0 saturated carbocycles. The summed E-state index contributed by atoms with van der Waals surface area (Å²) < 4.78 is 0. The van der Waals surface area contributed by atoms with E-state index in [9.17, 15) is 0 Å². The summed E-state index contributed by atoms with van der Waals surface area (Å²) in [7, 11) is 0. The maximum Gasteiger partial charge on any atom is 0.00553 e.